The van der Waals surface area contributed by atoms with E-state index >= 15 is 0 Å². The Morgan fingerprint density at radius 3 is 2.93 bits per heavy atom. The number of amides is 2. The Balaban J connectivity index is 1.48. The van der Waals surface area contributed by atoms with Crippen molar-refractivity contribution in [2.75, 3.05) is 35.6 Å². The van der Waals surface area contributed by atoms with Gasteiger partial charge in [-0.2, -0.15) is 4.98 Å². The lowest BCUT2D eigenvalue weighted by atomic mass is 10.2. The number of nitrogens with one attached hydrogen (secondary N) is 1. The zero-order valence-corrected chi connectivity index (χ0v) is 16.0. The van der Waals surface area contributed by atoms with E-state index in [1.807, 2.05) is 6.92 Å². The van der Waals surface area contributed by atoms with Gasteiger partial charge in [-0.25, -0.2) is 19.7 Å². The highest BCUT2D eigenvalue weighted by Crippen LogP contribution is 2.28. The SMILES string of the molecule is C[C@H]1CN(C(=O)Nc2ccc(Cl)nc2)CCN1c1nc(N)nc2scnc12. The van der Waals surface area contributed by atoms with E-state index in [1.54, 1.807) is 22.5 Å². The van der Waals surface area contributed by atoms with Crippen molar-refractivity contribution in [3.05, 3.63) is 29.0 Å². The zero-order chi connectivity index (χ0) is 19.0. The van der Waals surface area contributed by atoms with Crippen molar-refractivity contribution in [3.63, 3.8) is 0 Å². The zero-order valence-electron chi connectivity index (χ0n) is 14.5. The number of hydrogen-bond acceptors (Lipinski definition) is 8. The predicted molar refractivity (Wildman–Crippen MR) is 106 cm³/mol. The van der Waals surface area contributed by atoms with Crippen LogP contribution in [-0.4, -0.2) is 56.5 Å². The fourth-order valence-corrected chi connectivity index (χ4v) is 3.84. The molecule has 0 unspecified atom stereocenters. The molecule has 0 radical (unpaired) electrons. The molecule has 4 rings (SSSR count). The molecule has 9 nitrogen and oxygen atoms in total. The smallest absolute Gasteiger partial charge is 0.322 e. The Kier molecular flexibility index (Phi) is 4.66. The van der Waals surface area contributed by atoms with Gasteiger partial charge in [-0.3, -0.25) is 0 Å². The summed E-state index contributed by atoms with van der Waals surface area (Å²) in [6.45, 7) is 3.76. The maximum Gasteiger partial charge on any atom is 0.322 e. The molecule has 3 aromatic rings. The van der Waals surface area contributed by atoms with Gasteiger partial charge < -0.3 is 20.9 Å². The highest BCUT2D eigenvalue weighted by molar-refractivity contribution is 7.16. The van der Waals surface area contributed by atoms with Gasteiger partial charge in [0.1, 0.15) is 10.7 Å². The van der Waals surface area contributed by atoms with Gasteiger partial charge in [-0.05, 0) is 19.1 Å². The van der Waals surface area contributed by atoms with Crippen LogP contribution in [0.2, 0.25) is 5.15 Å². The van der Waals surface area contributed by atoms with Crippen molar-refractivity contribution in [3.8, 4) is 0 Å². The van der Waals surface area contributed by atoms with E-state index in [0.29, 0.717) is 36.3 Å². The highest BCUT2D eigenvalue weighted by Gasteiger charge is 2.29. The number of piperazine rings is 1. The molecule has 27 heavy (non-hydrogen) atoms. The molecule has 3 N–H and O–H groups in total. The third-order valence-electron chi connectivity index (χ3n) is 4.36. The molecule has 1 aliphatic rings. The van der Waals surface area contributed by atoms with Crippen LogP contribution in [0.5, 0.6) is 0 Å². The molecule has 140 valence electrons. The lowest BCUT2D eigenvalue weighted by Crippen LogP contribution is -2.55. The molecular formula is C16H17ClN8OS. The quantitative estimate of drug-likeness (QED) is 0.630. The number of hydrogen-bond donors (Lipinski definition) is 2. The predicted octanol–water partition coefficient (Wildman–Crippen LogP) is 2.46. The van der Waals surface area contributed by atoms with Gasteiger partial charge in [-0.1, -0.05) is 11.6 Å². The van der Waals surface area contributed by atoms with Crippen LogP contribution >= 0.6 is 22.9 Å². The van der Waals surface area contributed by atoms with Crippen molar-refractivity contribution in [2.24, 2.45) is 0 Å². The van der Waals surface area contributed by atoms with Crippen molar-refractivity contribution in [1.82, 2.24) is 24.8 Å². The summed E-state index contributed by atoms with van der Waals surface area (Å²) >= 11 is 7.20. The summed E-state index contributed by atoms with van der Waals surface area (Å²) < 4.78 is 0. The van der Waals surface area contributed by atoms with Crippen molar-refractivity contribution in [2.45, 2.75) is 13.0 Å². The monoisotopic (exact) mass is 404 g/mol. The Morgan fingerprint density at radius 1 is 1.33 bits per heavy atom. The Bertz CT molecular complexity index is 978. The van der Waals surface area contributed by atoms with Crippen LogP contribution in [0, 0.1) is 0 Å². The number of rotatable bonds is 2. The number of fused-ring (bicyclic) bond motifs is 1. The van der Waals surface area contributed by atoms with Gasteiger partial charge in [-0.15, -0.1) is 11.3 Å². The molecule has 0 saturated carbocycles. The maximum atomic E-state index is 12.5. The molecule has 4 heterocycles. The standard InChI is InChI=1S/C16H17ClN8OS/c1-9-7-24(16(26)21-10-2-3-11(17)19-6-10)4-5-25(9)13-12-14(27-8-20-12)23-15(18)22-13/h2-3,6,8-9H,4-5,7H2,1H3,(H,21,26)(H2,18,22,23)/t9-/m0/s1. The molecule has 0 bridgehead atoms. The van der Waals surface area contributed by atoms with E-state index in [2.05, 4.69) is 30.2 Å². The molecule has 1 saturated heterocycles. The topological polar surface area (TPSA) is 113 Å². The maximum absolute atomic E-state index is 12.5. The molecule has 0 aliphatic carbocycles. The van der Waals surface area contributed by atoms with E-state index in [0.717, 1.165) is 10.3 Å². The van der Waals surface area contributed by atoms with Crippen LogP contribution in [0.15, 0.2) is 23.8 Å². The fraction of sp³-hybridized carbons (Fsp3) is 0.312. The van der Waals surface area contributed by atoms with Crippen LogP contribution in [0.3, 0.4) is 0 Å². The molecule has 1 aliphatic heterocycles. The number of carbonyl (C=O) groups is 1. The van der Waals surface area contributed by atoms with Gasteiger partial charge in [0.05, 0.1) is 17.4 Å². The van der Waals surface area contributed by atoms with Gasteiger partial charge >= 0.3 is 6.03 Å². The summed E-state index contributed by atoms with van der Waals surface area (Å²) in [7, 11) is 0. The molecular weight excluding hydrogens is 388 g/mol. The molecule has 11 heteroatoms. The summed E-state index contributed by atoms with van der Waals surface area (Å²) in [6, 6.07) is 3.23. The number of carbonyl (C=O) groups excluding carboxylic acids is 1. The number of thiazole rings is 1. The van der Waals surface area contributed by atoms with Crippen molar-refractivity contribution in [1.29, 1.82) is 0 Å². The minimum absolute atomic E-state index is 0.0482. The van der Waals surface area contributed by atoms with Crippen LogP contribution in [0.25, 0.3) is 10.3 Å². The molecule has 2 amide bonds. The number of anilines is 3. The second-order valence-corrected chi connectivity index (χ2v) is 7.42. The number of aromatic nitrogens is 4. The third kappa shape index (κ3) is 3.58. The average molecular weight is 405 g/mol. The Hall–Kier alpha value is -2.72. The fourth-order valence-electron chi connectivity index (χ4n) is 3.07. The van der Waals surface area contributed by atoms with Crippen LogP contribution in [0.4, 0.5) is 22.2 Å². The molecule has 3 aromatic heterocycles. The first kappa shape index (κ1) is 17.7. The Morgan fingerprint density at radius 2 is 2.19 bits per heavy atom. The van der Waals surface area contributed by atoms with Crippen LogP contribution in [-0.2, 0) is 0 Å². The van der Waals surface area contributed by atoms with Crippen molar-refractivity contribution >= 4 is 56.8 Å². The van der Waals surface area contributed by atoms with Gasteiger partial charge in [0.15, 0.2) is 10.6 Å². The second kappa shape index (κ2) is 7.12. The highest BCUT2D eigenvalue weighted by atomic mass is 35.5. The average Bonchev–Trinajstić information content (AvgIpc) is 3.11. The van der Waals surface area contributed by atoms with E-state index in [-0.39, 0.29) is 18.0 Å². The largest absolute Gasteiger partial charge is 0.368 e. The first-order chi connectivity index (χ1) is 13.0. The molecule has 0 spiro atoms. The number of nitrogens with zero attached hydrogens (tertiary/aromatic N) is 6. The number of nitrogen functional groups attached to an aromatic ring is 1. The van der Waals surface area contributed by atoms with Crippen LogP contribution < -0.4 is 16.0 Å². The summed E-state index contributed by atoms with van der Waals surface area (Å²) in [4.78, 5) is 34.1. The van der Waals surface area contributed by atoms with E-state index < -0.39 is 0 Å². The van der Waals surface area contributed by atoms with E-state index in [9.17, 15) is 4.79 Å². The molecule has 0 aromatic carbocycles. The minimum Gasteiger partial charge on any atom is -0.368 e. The van der Waals surface area contributed by atoms with Crippen molar-refractivity contribution < 1.29 is 4.79 Å². The van der Waals surface area contributed by atoms with Gasteiger partial charge in [0.25, 0.3) is 0 Å². The van der Waals surface area contributed by atoms with Crippen LogP contribution in [0.1, 0.15) is 6.92 Å². The van der Waals surface area contributed by atoms with E-state index in [4.69, 9.17) is 17.3 Å². The first-order valence-electron chi connectivity index (χ1n) is 8.32. The number of nitrogens with two attached hydrogens (primary N) is 1. The van der Waals surface area contributed by atoms with Gasteiger partial charge in [0.2, 0.25) is 5.95 Å². The van der Waals surface area contributed by atoms with E-state index in [1.165, 1.54) is 17.5 Å². The summed E-state index contributed by atoms with van der Waals surface area (Å²) in [5, 5.41) is 3.22. The molecule has 1 atom stereocenters. The second-order valence-electron chi connectivity index (χ2n) is 6.20. The summed E-state index contributed by atoms with van der Waals surface area (Å²) in [5.41, 5.74) is 8.93. The number of pyridine rings is 1. The lowest BCUT2D eigenvalue weighted by Gasteiger charge is -2.40. The Labute approximate surface area is 164 Å². The number of urea groups is 1. The number of halogens is 1. The normalized spacial score (nSPS) is 17.3. The summed E-state index contributed by atoms with van der Waals surface area (Å²) in [6.07, 6.45) is 1.53. The van der Waals surface area contributed by atoms with Gasteiger partial charge in [0, 0.05) is 25.7 Å². The third-order valence-corrected chi connectivity index (χ3v) is 5.30. The molecule has 1 fully saturated rings. The first-order valence-corrected chi connectivity index (χ1v) is 9.58. The summed E-state index contributed by atoms with van der Waals surface area (Å²) in [5.74, 6) is 0.942. The lowest BCUT2D eigenvalue weighted by molar-refractivity contribution is 0.200. The minimum atomic E-state index is -0.174.